The van der Waals surface area contributed by atoms with Gasteiger partial charge in [0.05, 0.1) is 12.6 Å². The summed E-state index contributed by atoms with van der Waals surface area (Å²) in [5, 5.41) is 6.29. The molecule has 0 aromatic carbocycles. The fourth-order valence-corrected chi connectivity index (χ4v) is 3.90. The Labute approximate surface area is 151 Å². The Bertz CT molecular complexity index is 464. The first kappa shape index (κ1) is 18.6. The molecule has 3 rings (SSSR count). The lowest BCUT2D eigenvalue weighted by molar-refractivity contribution is -0.128. The van der Waals surface area contributed by atoms with Crippen LogP contribution in [0.2, 0.25) is 0 Å². The van der Waals surface area contributed by atoms with Crippen LogP contribution in [-0.2, 0) is 9.59 Å². The van der Waals surface area contributed by atoms with Gasteiger partial charge in [-0.2, -0.15) is 0 Å². The van der Waals surface area contributed by atoms with Crippen LogP contribution in [0, 0.1) is 5.92 Å². The molecule has 1 unspecified atom stereocenters. The van der Waals surface area contributed by atoms with Crippen LogP contribution in [-0.4, -0.2) is 72.5 Å². The molecule has 1 saturated heterocycles. The summed E-state index contributed by atoms with van der Waals surface area (Å²) in [7, 11) is 0. The molecule has 3 fully saturated rings. The fraction of sp³-hybridized carbons (Fsp3) is 0.895. The van der Waals surface area contributed by atoms with Crippen LogP contribution >= 0.6 is 0 Å². The van der Waals surface area contributed by atoms with Crippen LogP contribution in [0.15, 0.2) is 0 Å². The number of carbonyl (C=O) groups excluding carboxylic acids is 2. The van der Waals surface area contributed by atoms with Crippen molar-refractivity contribution < 1.29 is 9.59 Å². The highest BCUT2D eigenvalue weighted by Crippen LogP contribution is 2.23. The summed E-state index contributed by atoms with van der Waals surface area (Å²) < 4.78 is 0. The predicted octanol–water partition coefficient (Wildman–Crippen LogP) is 0.966. The van der Waals surface area contributed by atoms with E-state index in [1.54, 1.807) is 0 Å². The fourth-order valence-electron chi connectivity index (χ4n) is 3.90. The molecule has 0 aromatic rings. The van der Waals surface area contributed by atoms with Gasteiger partial charge in [-0.1, -0.05) is 6.92 Å². The first-order chi connectivity index (χ1) is 12.0. The number of hydrogen-bond acceptors (Lipinski definition) is 4. The van der Waals surface area contributed by atoms with Crippen LogP contribution < -0.4 is 10.6 Å². The third kappa shape index (κ3) is 5.68. The number of amides is 2. The Morgan fingerprint density at radius 1 is 0.920 bits per heavy atom. The Morgan fingerprint density at radius 3 is 2.08 bits per heavy atom. The van der Waals surface area contributed by atoms with Gasteiger partial charge in [0.1, 0.15) is 0 Å². The van der Waals surface area contributed by atoms with Crippen molar-refractivity contribution in [3.05, 3.63) is 0 Å². The number of hydrogen-bond donors (Lipinski definition) is 2. The minimum absolute atomic E-state index is 0.0687. The van der Waals surface area contributed by atoms with E-state index in [4.69, 9.17) is 0 Å². The third-order valence-corrected chi connectivity index (χ3v) is 6.01. The van der Waals surface area contributed by atoms with Gasteiger partial charge < -0.3 is 10.6 Å². The number of rotatable bonds is 6. The molecule has 1 aliphatic heterocycles. The second-order valence-electron chi connectivity index (χ2n) is 8.30. The van der Waals surface area contributed by atoms with Gasteiger partial charge in [0.2, 0.25) is 11.8 Å². The summed E-state index contributed by atoms with van der Waals surface area (Å²) in [5.41, 5.74) is 0. The van der Waals surface area contributed by atoms with E-state index in [-0.39, 0.29) is 17.9 Å². The largest absolute Gasteiger partial charge is 0.352 e. The molecule has 25 heavy (non-hydrogen) atoms. The summed E-state index contributed by atoms with van der Waals surface area (Å²) in [6, 6.07) is 0.722. The van der Waals surface area contributed by atoms with Gasteiger partial charge in [-0.3, -0.25) is 19.4 Å². The molecule has 6 nitrogen and oxygen atoms in total. The Balaban J connectivity index is 1.34. The molecule has 0 radical (unpaired) electrons. The van der Waals surface area contributed by atoms with Crippen molar-refractivity contribution in [2.45, 2.75) is 70.5 Å². The van der Waals surface area contributed by atoms with Crippen molar-refractivity contribution in [3.63, 3.8) is 0 Å². The summed E-state index contributed by atoms with van der Waals surface area (Å²) >= 11 is 0. The number of nitrogens with one attached hydrogen (secondary N) is 2. The lowest BCUT2D eigenvalue weighted by Crippen LogP contribution is -2.55. The number of nitrogens with zero attached hydrogens (tertiary/aromatic N) is 2. The van der Waals surface area contributed by atoms with Gasteiger partial charge in [0, 0.05) is 38.3 Å². The van der Waals surface area contributed by atoms with E-state index in [1.165, 1.54) is 12.8 Å². The summed E-state index contributed by atoms with van der Waals surface area (Å²) in [4.78, 5) is 28.9. The first-order valence-corrected chi connectivity index (χ1v) is 10.1. The monoisotopic (exact) mass is 350 g/mol. The van der Waals surface area contributed by atoms with E-state index in [0.29, 0.717) is 18.6 Å². The van der Waals surface area contributed by atoms with Gasteiger partial charge in [0.15, 0.2) is 0 Å². The van der Waals surface area contributed by atoms with Gasteiger partial charge in [-0.05, 0) is 51.4 Å². The van der Waals surface area contributed by atoms with Crippen molar-refractivity contribution in [1.29, 1.82) is 0 Å². The van der Waals surface area contributed by atoms with Gasteiger partial charge in [0.25, 0.3) is 0 Å². The van der Waals surface area contributed by atoms with E-state index >= 15 is 0 Å². The molecule has 0 spiro atoms. The van der Waals surface area contributed by atoms with Gasteiger partial charge >= 0.3 is 0 Å². The zero-order valence-corrected chi connectivity index (χ0v) is 15.8. The lowest BCUT2D eigenvalue weighted by atomic mass is 9.87. The van der Waals surface area contributed by atoms with Crippen LogP contribution in [0.25, 0.3) is 0 Å². The molecule has 6 heteroatoms. The zero-order chi connectivity index (χ0) is 17.8. The molecule has 0 aromatic heterocycles. The minimum Gasteiger partial charge on any atom is -0.352 e. The molecular weight excluding hydrogens is 316 g/mol. The SMILES string of the molecule is CC1CCC(NC(=O)CN2CCN(C(C)C(=O)NC3CC3)CC2)CC1. The van der Waals surface area contributed by atoms with Crippen molar-refractivity contribution in [2.75, 3.05) is 32.7 Å². The molecule has 142 valence electrons. The second kappa shape index (κ2) is 8.49. The summed E-state index contributed by atoms with van der Waals surface area (Å²) in [6.07, 6.45) is 6.94. The molecule has 3 aliphatic rings. The van der Waals surface area contributed by atoms with Crippen molar-refractivity contribution in [3.8, 4) is 0 Å². The quantitative estimate of drug-likeness (QED) is 0.749. The van der Waals surface area contributed by atoms with Crippen LogP contribution in [0.3, 0.4) is 0 Å². The lowest BCUT2D eigenvalue weighted by Gasteiger charge is -2.37. The molecule has 0 bridgehead atoms. The molecule has 2 N–H and O–H groups in total. The first-order valence-electron chi connectivity index (χ1n) is 10.1. The molecule has 2 saturated carbocycles. The zero-order valence-electron chi connectivity index (χ0n) is 15.8. The molecule has 1 atom stereocenters. The third-order valence-electron chi connectivity index (χ3n) is 6.01. The average Bonchev–Trinajstić information content (AvgIpc) is 3.41. The highest BCUT2D eigenvalue weighted by atomic mass is 16.2. The highest BCUT2D eigenvalue weighted by Gasteiger charge is 2.30. The Hall–Kier alpha value is -1.14. The van der Waals surface area contributed by atoms with E-state index in [0.717, 1.165) is 57.8 Å². The van der Waals surface area contributed by atoms with Crippen molar-refractivity contribution >= 4 is 11.8 Å². The number of carbonyl (C=O) groups is 2. The highest BCUT2D eigenvalue weighted by molar-refractivity contribution is 5.82. The number of piperazine rings is 1. The maximum Gasteiger partial charge on any atom is 0.237 e. The van der Waals surface area contributed by atoms with E-state index in [2.05, 4.69) is 27.4 Å². The topological polar surface area (TPSA) is 64.7 Å². The van der Waals surface area contributed by atoms with Crippen molar-refractivity contribution in [2.24, 2.45) is 5.92 Å². The maximum absolute atomic E-state index is 12.3. The second-order valence-corrected chi connectivity index (χ2v) is 8.30. The standard InChI is InChI=1S/C19H34N4O2/c1-14-3-5-16(6-4-14)20-18(24)13-22-9-11-23(12-10-22)15(2)19(25)21-17-7-8-17/h14-17H,3-13H2,1-2H3,(H,20,24)(H,21,25). The maximum atomic E-state index is 12.3. The molecule has 2 amide bonds. The summed E-state index contributed by atoms with van der Waals surface area (Å²) in [5.74, 6) is 1.12. The normalized spacial score (nSPS) is 29.8. The van der Waals surface area contributed by atoms with Crippen molar-refractivity contribution in [1.82, 2.24) is 20.4 Å². The Kier molecular flexibility index (Phi) is 6.34. The Morgan fingerprint density at radius 2 is 1.48 bits per heavy atom. The van der Waals surface area contributed by atoms with E-state index < -0.39 is 0 Å². The van der Waals surface area contributed by atoms with E-state index in [9.17, 15) is 9.59 Å². The smallest absolute Gasteiger partial charge is 0.237 e. The van der Waals surface area contributed by atoms with Crippen LogP contribution in [0.4, 0.5) is 0 Å². The molecule has 2 aliphatic carbocycles. The van der Waals surface area contributed by atoms with E-state index in [1.807, 2.05) is 6.92 Å². The van der Waals surface area contributed by atoms with Crippen LogP contribution in [0.5, 0.6) is 0 Å². The summed E-state index contributed by atoms with van der Waals surface area (Å²) in [6.45, 7) is 8.20. The molecule has 1 heterocycles. The van der Waals surface area contributed by atoms with Crippen LogP contribution in [0.1, 0.15) is 52.4 Å². The van der Waals surface area contributed by atoms with Gasteiger partial charge in [-0.25, -0.2) is 0 Å². The minimum atomic E-state index is -0.0687. The predicted molar refractivity (Wildman–Crippen MR) is 98.2 cm³/mol. The van der Waals surface area contributed by atoms with Gasteiger partial charge in [-0.15, -0.1) is 0 Å². The molecular formula is C19H34N4O2. The average molecular weight is 351 g/mol.